The summed E-state index contributed by atoms with van der Waals surface area (Å²) in [6.07, 6.45) is 3.14. The molecule has 0 unspecified atom stereocenters. The van der Waals surface area contributed by atoms with Crippen molar-refractivity contribution in [2.45, 2.75) is 6.42 Å². The molecule has 0 aromatic carbocycles. The summed E-state index contributed by atoms with van der Waals surface area (Å²) in [5, 5.41) is 2.96. The average Bonchev–Trinajstić information content (AvgIpc) is 2.28. The predicted octanol–water partition coefficient (Wildman–Crippen LogP) is 0.502. The molecule has 1 aliphatic rings. The normalized spacial score (nSPS) is 16.3. The molecule has 5 nitrogen and oxygen atoms in total. The molecule has 0 aliphatic carbocycles. The maximum absolute atomic E-state index is 5.65. The first-order valence-corrected chi connectivity index (χ1v) is 5.11. The summed E-state index contributed by atoms with van der Waals surface area (Å²) < 4.78 is 10.2. The molecule has 0 atom stereocenters. The highest BCUT2D eigenvalue weighted by Crippen LogP contribution is 2.05. The molecule has 6 heteroatoms. The molecule has 0 fully saturated rings. The molecule has 16 heavy (non-hydrogen) atoms. The maximum Gasteiger partial charge on any atom is 0.188 e. The lowest BCUT2D eigenvalue weighted by Crippen LogP contribution is -2.34. The van der Waals surface area contributed by atoms with Gasteiger partial charge in [-0.2, -0.15) is 0 Å². The van der Waals surface area contributed by atoms with E-state index in [1.165, 1.54) is 5.57 Å². The summed E-state index contributed by atoms with van der Waals surface area (Å²) in [7, 11) is 1.65. The standard InChI is InChI=1S/C10H19N3O2.HI/c1-14-6-4-12-10(11)13-7-9-3-2-5-15-8-9;/h3H,2,4-8H2,1H3,(H3,11,12,13);1H. The van der Waals surface area contributed by atoms with Crippen molar-refractivity contribution in [2.24, 2.45) is 10.7 Å². The first kappa shape index (κ1) is 15.7. The number of nitrogens with one attached hydrogen (secondary N) is 1. The SMILES string of the molecule is COCCNC(N)=NCC1=CCCOC1.I. The lowest BCUT2D eigenvalue weighted by Gasteiger charge is -2.12. The van der Waals surface area contributed by atoms with Crippen LogP contribution in [0.2, 0.25) is 0 Å². The van der Waals surface area contributed by atoms with Gasteiger partial charge < -0.3 is 20.5 Å². The molecular weight excluding hydrogens is 321 g/mol. The van der Waals surface area contributed by atoms with E-state index in [4.69, 9.17) is 15.2 Å². The average molecular weight is 341 g/mol. The van der Waals surface area contributed by atoms with Crippen molar-refractivity contribution in [1.82, 2.24) is 5.32 Å². The van der Waals surface area contributed by atoms with Gasteiger partial charge in [0.1, 0.15) is 0 Å². The number of aliphatic imine (C=N–C) groups is 1. The molecule has 0 aromatic heterocycles. The first-order valence-electron chi connectivity index (χ1n) is 5.11. The van der Waals surface area contributed by atoms with E-state index < -0.39 is 0 Å². The highest BCUT2D eigenvalue weighted by Gasteiger charge is 2.02. The molecule has 0 radical (unpaired) electrons. The quantitative estimate of drug-likeness (QED) is 0.251. The van der Waals surface area contributed by atoms with Gasteiger partial charge in [0.05, 0.1) is 26.4 Å². The van der Waals surface area contributed by atoms with Gasteiger partial charge in [0.2, 0.25) is 0 Å². The molecule has 0 aromatic rings. The van der Waals surface area contributed by atoms with Gasteiger partial charge in [-0.15, -0.1) is 24.0 Å². The third-order valence-electron chi connectivity index (χ3n) is 2.05. The summed E-state index contributed by atoms with van der Waals surface area (Å²) in [4.78, 5) is 4.20. The molecular formula is C10H20IN3O2. The zero-order valence-corrected chi connectivity index (χ0v) is 11.9. The van der Waals surface area contributed by atoms with Crippen molar-refractivity contribution in [3.63, 3.8) is 0 Å². The second-order valence-electron chi connectivity index (χ2n) is 3.32. The highest BCUT2D eigenvalue weighted by atomic mass is 127. The largest absolute Gasteiger partial charge is 0.383 e. The fraction of sp³-hybridized carbons (Fsp3) is 0.700. The first-order chi connectivity index (χ1) is 7.33. The number of guanidine groups is 1. The third-order valence-corrected chi connectivity index (χ3v) is 2.05. The maximum atomic E-state index is 5.65. The Kier molecular flexibility index (Phi) is 9.65. The van der Waals surface area contributed by atoms with E-state index in [0.717, 1.165) is 13.0 Å². The van der Waals surface area contributed by atoms with Crippen LogP contribution in [0.5, 0.6) is 0 Å². The van der Waals surface area contributed by atoms with Gasteiger partial charge in [-0.1, -0.05) is 6.08 Å². The zero-order chi connectivity index (χ0) is 10.9. The van der Waals surface area contributed by atoms with Crippen LogP contribution in [0.4, 0.5) is 0 Å². The van der Waals surface area contributed by atoms with Crippen molar-refractivity contribution < 1.29 is 9.47 Å². The Labute approximate surface area is 113 Å². The Bertz CT molecular complexity index is 244. The highest BCUT2D eigenvalue weighted by molar-refractivity contribution is 14.0. The molecule has 0 saturated carbocycles. The molecule has 94 valence electrons. The number of nitrogens with two attached hydrogens (primary N) is 1. The van der Waals surface area contributed by atoms with Crippen molar-refractivity contribution >= 4 is 29.9 Å². The number of hydrogen-bond acceptors (Lipinski definition) is 3. The minimum absolute atomic E-state index is 0. The minimum atomic E-state index is 0. The second-order valence-corrected chi connectivity index (χ2v) is 3.32. The van der Waals surface area contributed by atoms with Gasteiger partial charge in [-0.05, 0) is 12.0 Å². The van der Waals surface area contributed by atoms with Crippen LogP contribution in [0.25, 0.3) is 0 Å². The number of ether oxygens (including phenoxy) is 2. The molecule has 1 heterocycles. The van der Waals surface area contributed by atoms with E-state index in [9.17, 15) is 0 Å². The Morgan fingerprint density at radius 1 is 1.69 bits per heavy atom. The Balaban J connectivity index is 0.00000225. The Hall–Kier alpha value is -0.340. The van der Waals surface area contributed by atoms with E-state index in [0.29, 0.717) is 32.3 Å². The number of methoxy groups -OCH3 is 1. The van der Waals surface area contributed by atoms with E-state index in [-0.39, 0.29) is 24.0 Å². The molecule has 0 amide bonds. The van der Waals surface area contributed by atoms with E-state index >= 15 is 0 Å². The minimum Gasteiger partial charge on any atom is -0.383 e. The van der Waals surface area contributed by atoms with Crippen LogP contribution in [-0.4, -0.2) is 46.0 Å². The van der Waals surface area contributed by atoms with E-state index in [2.05, 4.69) is 16.4 Å². The third kappa shape index (κ3) is 7.02. The molecule has 0 bridgehead atoms. The molecule has 3 N–H and O–H groups in total. The van der Waals surface area contributed by atoms with Crippen molar-refractivity contribution in [3.05, 3.63) is 11.6 Å². The fourth-order valence-electron chi connectivity index (χ4n) is 1.24. The number of halogens is 1. The van der Waals surface area contributed by atoms with Gasteiger partial charge in [0.15, 0.2) is 5.96 Å². The Morgan fingerprint density at radius 2 is 2.50 bits per heavy atom. The lowest BCUT2D eigenvalue weighted by atomic mass is 10.2. The van der Waals surface area contributed by atoms with Gasteiger partial charge in [-0.3, -0.25) is 0 Å². The zero-order valence-electron chi connectivity index (χ0n) is 9.57. The van der Waals surface area contributed by atoms with Gasteiger partial charge in [-0.25, -0.2) is 4.99 Å². The Morgan fingerprint density at radius 3 is 3.12 bits per heavy atom. The molecule has 1 rings (SSSR count). The van der Waals surface area contributed by atoms with Crippen molar-refractivity contribution in [3.8, 4) is 0 Å². The summed E-state index contributed by atoms with van der Waals surface area (Å²) >= 11 is 0. The molecule has 0 spiro atoms. The van der Waals surface area contributed by atoms with Crippen LogP contribution >= 0.6 is 24.0 Å². The summed E-state index contributed by atoms with van der Waals surface area (Å²) in [6, 6.07) is 0. The number of rotatable bonds is 5. The monoisotopic (exact) mass is 341 g/mol. The summed E-state index contributed by atoms with van der Waals surface area (Å²) in [5.74, 6) is 0.457. The fourth-order valence-corrected chi connectivity index (χ4v) is 1.24. The predicted molar refractivity (Wildman–Crippen MR) is 75.3 cm³/mol. The van der Waals surface area contributed by atoms with Crippen LogP contribution < -0.4 is 11.1 Å². The van der Waals surface area contributed by atoms with Crippen molar-refractivity contribution in [2.75, 3.05) is 40.0 Å². The van der Waals surface area contributed by atoms with Crippen LogP contribution in [0.15, 0.2) is 16.6 Å². The number of hydrogen-bond donors (Lipinski definition) is 2. The van der Waals surface area contributed by atoms with Gasteiger partial charge in [0.25, 0.3) is 0 Å². The van der Waals surface area contributed by atoms with Crippen LogP contribution in [0.1, 0.15) is 6.42 Å². The van der Waals surface area contributed by atoms with Crippen LogP contribution in [-0.2, 0) is 9.47 Å². The second kappa shape index (κ2) is 9.86. The van der Waals surface area contributed by atoms with Crippen LogP contribution in [0.3, 0.4) is 0 Å². The van der Waals surface area contributed by atoms with Crippen molar-refractivity contribution in [1.29, 1.82) is 0 Å². The summed E-state index contributed by atoms with van der Waals surface area (Å²) in [6.45, 7) is 3.42. The molecule has 1 aliphatic heterocycles. The lowest BCUT2D eigenvalue weighted by molar-refractivity contribution is 0.150. The smallest absolute Gasteiger partial charge is 0.188 e. The number of nitrogens with zero attached hydrogens (tertiary/aromatic N) is 1. The van der Waals surface area contributed by atoms with E-state index in [1.807, 2.05) is 0 Å². The van der Waals surface area contributed by atoms with Gasteiger partial charge >= 0.3 is 0 Å². The van der Waals surface area contributed by atoms with Gasteiger partial charge in [0, 0.05) is 13.7 Å². The summed E-state index contributed by atoms with van der Waals surface area (Å²) in [5.41, 5.74) is 6.84. The van der Waals surface area contributed by atoms with Crippen LogP contribution in [0, 0.1) is 0 Å². The molecule has 0 saturated heterocycles. The topological polar surface area (TPSA) is 68.9 Å². The van der Waals surface area contributed by atoms with E-state index in [1.54, 1.807) is 7.11 Å².